The summed E-state index contributed by atoms with van der Waals surface area (Å²) in [6, 6.07) is 65.6. The van der Waals surface area contributed by atoms with E-state index in [1.807, 2.05) is 36.4 Å². The van der Waals surface area contributed by atoms with Crippen LogP contribution >= 0.6 is 0 Å². The Hall–Kier alpha value is -8.22. The maximum absolute atomic E-state index is 16.0. The fourth-order valence-electron chi connectivity index (χ4n) is 17.7. The van der Waals surface area contributed by atoms with Gasteiger partial charge in [0.15, 0.2) is 0 Å². The van der Waals surface area contributed by atoms with Crippen molar-refractivity contribution in [2.75, 3.05) is 0 Å². The second kappa shape index (κ2) is 18.9. The van der Waals surface area contributed by atoms with Gasteiger partial charge >= 0.3 is 12.4 Å². The molecule has 0 spiro atoms. The maximum atomic E-state index is 16.0. The highest BCUT2D eigenvalue weighted by atomic mass is 19.4. The average molecular weight is 1160 g/mol. The molecule has 5 aliphatic carbocycles. The third-order valence-corrected chi connectivity index (χ3v) is 22.8. The molecule has 87 heavy (non-hydrogen) atoms. The molecule has 6 heteroatoms. The number of fused-ring (bicyclic) bond motifs is 15. The highest BCUT2D eigenvalue weighted by Crippen LogP contribution is 2.63. The minimum atomic E-state index is -4.60. The van der Waals surface area contributed by atoms with Crippen molar-refractivity contribution in [2.45, 2.75) is 133 Å². The minimum absolute atomic E-state index is 0.224. The van der Waals surface area contributed by atoms with E-state index >= 15 is 26.3 Å². The monoisotopic (exact) mass is 1150 g/mol. The lowest BCUT2D eigenvalue weighted by atomic mass is 9.71. The van der Waals surface area contributed by atoms with Gasteiger partial charge in [0.2, 0.25) is 0 Å². The summed E-state index contributed by atoms with van der Waals surface area (Å²) in [5.41, 5.74) is 18.8. The summed E-state index contributed by atoms with van der Waals surface area (Å²) in [6.45, 7) is 16.2. The van der Waals surface area contributed by atoms with E-state index in [-0.39, 0.29) is 33.1 Å². The van der Waals surface area contributed by atoms with Crippen molar-refractivity contribution < 1.29 is 26.3 Å². The Morgan fingerprint density at radius 2 is 0.460 bits per heavy atom. The first kappa shape index (κ1) is 55.4. The fraction of sp³-hybridized carbons (Fsp3) is 0.259. The molecule has 0 saturated carbocycles. The summed E-state index contributed by atoms with van der Waals surface area (Å²) in [4.78, 5) is 0. The number of hydrogen-bond acceptors (Lipinski definition) is 0. The van der Waals surface area contributed by atoms with Crippen LogP contribution in [0.4, 0.5) is 26.3 Å². The van der Waals surface area contributed by atoms with Crippen LogP contribution in [-0.2, 0) is 27.1 Å². The quantitative estimate of drug-likeness (QED) is 0.120. The number of benzene rings is 10. The van der Waals surface area contributed by atoms with Gasteiger partial charge in [-0.15, -0.1) is 0 Å². The predicted octanol–water partition coefficient (Wildman–Crippen LogP) is 23.3. The van der Waals surface area contributed by atoms with Gasteiger partial charge in [0.1, 0.15) is 10.8 Å². The van der Waals surface area contributed by atoms with Gasteiger partial charge < -0.3 is 0 Å². The minimum Gasteiger partial charge on any atom is -0.170 e. The second-order valence-electron chi connectivity index (χ2n) is 25.7. The van der Waals surface area contributed by atoms with Gasteiger partial charge in [-0.05, 0) is 257 Å². The molecule has 0 saturated heterocycles. The first-order valence-corrected chi connectivity index (χ1v) is 31.3. The van der Waals surface area contributed by atoms with Gasteiger partial charge in [-0.3, -0.25) is 0 Å². The molecule has 5 aliphatic rings. The Labute approximate surface area is 507 Å². The van der Waals surface area contributed by atoms with Gasteiger partial charge in [-0.2, -0.15) is 26.3 Å². The Kier molecular flexibility index (Phi) is 12.0. The molecule has 10 aromatic carbocycles. The average Bonchev–Trinajstić information content (AvgIpc) is 1.64. The van der Waals surface area contributed by atoms with E-state index in [1.54, 1.807) is 48.5 Å². The van der Waals surface area contributed by atoms with Crippen LogP contribution in [0.5, 0.6) is 0 Å². The van der Waals surface area contributed by atoms with Crippen molar-refractivity contribution in [2.24, 2.45) is 0 Å². The molecule has 434 valence electrons. The van der Waals surface area contributed by atoms with Crippen LogP contribution in [0.2, 0.25) is 0 Å². The molecule has 2 atom stereocenters. The first-order valence-electron chi connectivity index (χ1n) is 31.3. The molecule has 15 rings (SSSR count). The van der Waals surface area contributed by atoms with Crippen molar-refractivity contribution in [3.8, 4) is 100 Å². The van der Waals surface area contributed by atoms with E-state index in [9.17, 15) is 0 Å². The predicted molar refractivity (Wildman–Crippen MR) is 344 cm³/mol. The Bertz CT molecular complexity index is 4270. The lowest BCUT2D eigenvalue weighted by Crippen LogP contribution is -2.38. The van der Waals surface area contributed by atoms with Crippen molar-refractivity contribution >= 4 is 0 Å². The molecule has 0 nitrogen and oxygen atoms in total. The topological polar surface area (TPSA) is 0 Å². The SMILES string of the molecule is CCC1(CC)c2ccccc2-c2ccc(-c3cc4c(cc3-c3ccc5c(c3)C(C)(C(F)(F)F)c3ccccc3-5)-c3cc(-c5ccc6c(c5)C(C)(C(F)(F)F)c5ccccc5-6)c(-c5ccc6c(c5)C(CC)(CC)c5ccccc5-6)cc3C4(CC)CC)cc21. The third kappa shape index (κ3) is 7.05. The van der Waals surface area contributed by atoms with Crippen LogP contribution in [0.15, 0.2) is 194 Å². The van der Waals surface area contributed by atoms with Crippen LogP contribution in [0.25, 0.3) is 100 Å². The van der Waals surface area contributed by atoms with E-state index < -0.39 is 28.6 Å². The second-order valence-corrected chi connectivity index (χ2v) is 25.7. The molecule has 0 amide bonds. The standard InChI is InChI=1S/C81H68F6/c1-9-77(10-2)67-29-21-17-25-53(67)57-37-33-49(41-71(57)77)61-45-73-63(43-59(61)47-31-35-55-51-23-15-19-27-65(51)75(7,69(55)39-47)80(82,83)84)64-44-60(48-32-36-56-52-24-16-20-28-66(52)76(8,70(56)40-48)81(85,86)87)62(46-74(64)79(73,13-5)14-6)50-34-38-58-54-26-18-22-30-68(54)78(11-3,12-4)72(58)42-50/h15-46H,9-14H2,1-8H3. The van der Waals surface area contributed by atoms with Crippen LogP contribution in [0.3, 0.4) is 0 Å². The molecule has 0 aliphatic heterocycles. The van der Waals surface area contributed by atoms with E-state index in [0.717, 1.165) is 94.2 Å². The Morgan fingerprint density at radius 3 is 0.770 bits per heavy atom. The summed E-state index contributed by atoms with van der Waals surface area (Å²) >= 11 is 0. The molecule has 0 aromatic heterocycles. The van der Waals surface area contributed by atoms with Crippen molar-refractivity contribution in [3.05, 3.63) is 250 Å². The largest absolute Gasteiger partial charge is 0.402 e. The van der Waals surface area contributed by atoms with E-state index in [1.165, 1.54) is 58.4 Å². The van der Waals surface area contributed by atoms with Gasteiger partial charge in [0, 0.05) is 16.2 Å². The van der Waals surface area contributed by atoms with Crippen LogP contribution in [-0.4, -0.2) is 12.4 Å². The highest BCUT2D eigenvalue weighted by Gasteiger charge is 2.60. The summed E-state index contributed by atoms with van der Waals surface area (Å²) in [5, 5.41) is 0. The van der Waals surface area contributed by atoms with Crippen molar-refractivity contribution in [1.29, 1.82) is 0 Å². The molecule has 0 fully saturated rings. The van der Waals surface area contributed by atoms with Crippen LogP contribution < -0.4 is 0 Å². The highest BCUT2D eigenvalue weighted by molar-refractivity contribution is 6.00. The normalized spacial score (nSPS) is 18.9. The third-order valence-electron chi connectivity index (χ3n) is 22.8. The fourth-order valence-corrected chi connectivity index (χ4v) is 17.7. The van der Waals surface area contributed by atoms with Gasteiger partial charge in [0.05, 0.1) is 0 Å². The lowest BCUT2D eigenvalue weighted by molar-refractivity contribution is -0.172. The molecular weight excluding hydrogens is 1090 g/mol. The lowest BCUT2D eigenvalue weighted by Gasteiger charge is -2.32. The molecule has 2 unspecified atom stereocenters. The molecular formula is C81H68F6. The summed E-state index contributed by atoms with van der Waals surface area (Å²) in [6.07, 6.45) is -4.14. The van der Waals surface area contributed by atoms with Crippen molar-refractivity contribution in [1.82, 2.24) is 0 Å². The van der Waals surface area contributed by atoms with Crippen molar-refractivity contribution in [3.63, 3.8) is 0 Å². The number of hydrogen-bond donors (Lipinski definition) is 0. The number of rotatable bonds is 10. The molecule has 0 radical (unpaired) electrons. The van der Waals surface area contributed by atoms with Crippen LogP contribution in [0.1, 0.15) is 150 Å². The van der Waals surface area contributed by atoms with Crippen LogP contribution in [0, 0.1) is 0 Å². The zero-order chi connectivity index (χ0) is 60.5. The molecule has 0 N–H and O–H groups in total. The molecule has 10 aromatic rings. The summed E-state index contributed by atoms with van der Waals surface area (Å²) in [5.74, 6) is 0. The van der Waals surface area contributed by atoms with Gasteiger partial charge in [-0.1, -0.05) is 187 Å². The Morgan fingerprint density at radius 1 is 0.230 bits per heavy atom. The number of alkyl halides is 6. The zero-order valence-corrected chi connectivity index (χ0v) is 50.5. The van der Waals surface area contributed by atoms with E-state index in [4.69, 9.17) is 0 Å². The maximum Gasteiger partial charge on any atom is 0.402 e. The van der Waals surface area contributed by atoms with E-state index in [0.29, 0.717) is 33.4 Å². The first-order chi connectivity index (χ1) is 41.8. The van der Waals surface area contributed by atoms with E-state index in [2.05, 4.69) is 151 Å². The number of halogens is 6. The Balaban J connectivity index is 1.02. The van der Waals surface area contributed by atoms with Gasteiger partial charge in [0.25, 0.3) is 0 Å². The summed E-state index contributed by atoms with van der Waals surface area (Å²) < 4.78 is 95.9. The smallest absolute Gasteiger partial charge is 0.170 e. The van der Waals surface area contributed by atoms with Gasteiger partial charge in [-0.25, -0.2) is 0 Å². The molecule has 0 heterocycles. The summed E-state index contributed by atoms with van der Waals surface area (Å²) in [7, 11) is 0. The molecule has 0 bridgehead atoms. The zero-order valence-electron chi connectivity index (χ0n) is 50.5.